The molecule has 0 aliphatic carbocycles. The number of hydrogen-bond acceptors (Lipinski definition) is 5. The van der Waals surface area contributed by atoms with Crippen molar-refractivity contribution in [1.29, 1.82) is 0 Å². The zero-order valence-corrected chi connectivity index (χ0v) is 15.9. The lowest BCUT2D eigenvalue weighted by Crippen LogP contribution is -2.35. The van der Waals surface area contributed by atoms with Crippen LogP contribution in [0.1, 0.15) is 18.4 Å². The molecule has 0 saturated carbocycles. The van der Waals surface area contributed by atoms with Gasteiger partial charge in [0.25, 0.3) is 0 Å². The van der Waals surface area contributed by atoms with E-state index < -0.39 is 16.2 Å². The van der Waals surface area contributed by atoms with E-state index in [2.05, 4.69) is 10.5 Å². The highest BCUT2D eigenvalue weighted by molar-refractivity contribution is 7.84. The Bertz CT molecular complexity index is 937. The Labute approximate surface area is 159 Å². The minimum atomic E-state index is -1.18. The molecule has 3 rings (SSSR count). The number of aromatic nitrogens is 1. The van der Waals surface area contributed by atoms with Gasteiger partial charge in [0.15, 0.2) is 0 Å². The molecule has 3 unspecified atom stereocenters. The van der Waals surface area contributed by atoms with Gasteiger partial charge in [0.1, 0.15) is 11.5 Å². The topological polar surface area (TPSA) is 89.8 Å². The largest absolute Gasteiger partial charge is 0.392 e. The zero-order valence-electron chi connectivity index (χ0n) is 15.1. The molecule has 3 atom stereocenters. The molecule has 2 heterocycles. The van der Waals surface area contributed by atoms with Gasteiger partial charge in [-0.25, -0.2) is 0 Å². The summed E-state index contributed by atoms with van der Waals surface area (Å²) in [5, 5.41) is 6.26. The van der Waals surface area contributed by atoms with Crippen molar-refractivity contribution in [3.8, 4) is 11.1 Å². The van der Waals surface area contributed by atoms with Gasteiger partial charge in [-0.05, 0) is 22.8 Å². The molecule has 1 aliphatic rings. The van der Waals surface area contributed by atoms with Gasteiger partial charge in [0, 0.05) is 49.2 Å². The van der Waals surface area contributed by atoms with Gasteiger partial charge in [-0.2, -0.15) is 0 Å². The summed E-state index contributed by atoms with van der Waals surface area (Å²) in [5.41, 5.74) is 3.68. The molecule has 0 bridgehead atoms. The van der Waals surface area contributed by atoms with E-state index in [0.29, 0.717) is 19.3 Å². The highest BCUT2D eigenvalue weighted by Crippen LogP contribution is 2.23. The minimum absolute atomic E-state index is 0.0470. The molecule has 1 aromatic carbocycles. The first-order valence-electron chi connectivity index (χ1n) is 8.50. The Morgan fingerprint density at radius 3 is 2.56 bits per heavy atom. The molecule has 27 heavy (non-hydrogen) atoms. The number of carbonyl (C=O) groups excluding carboxylic acids is 1. The summed E-state index contributed by atoms with van der Waals surface area (Å²) in [7, 11) is 0.543. The second-order valence-electron chi connectivity index (χ2n) is 6.42. The van der Waals surface area contributed by atoms with Crippen molar-refractivity contribution in [2.45, 2.75) is 24.3 Å². The quantitative estimate of drug-likeness (QED) is 0.727. The second-order valence-corrected chi connectivity index (χ2v) is 7.99. The van der Waals surface area contributed by atoms with Crippen molar-refractivity contribution in [3.05, 3.63) is 58.5 Å². The average Bonchev–Trinajstić information content (AvgIpc) is 3.12. The maximum Gasteiger partial charge on any atom is 0.250 e. The molecular weight excluding hydrogens is 366 g/mol. The Morgan fingerprint density at radius 1 is 1.26 bits per heavy atom. The van der Waals surface area contributed by atoms with Crippen LogP contribution in [0, 0.1) is 0 Å². The first-order chi connectivity index (χ1) is 13.0. The van der Waals surface area contributed by atoms with Gasteiger partial charge < -0.3 is 14.7 Å². The SMILES string of the molecule is Cn1cc(-c2ccc(C3=NOC(CC(NC=O)S(C)=O)C3)cc2)ccc1=O. The van der Waals surface area contributed by atoms with Crippen molar-refractivity contribution >= 4 is 22.9 Å². The lowest BCUT2D eigenvalue weighted by atomic mass is 10.00. The molecule has 0 spiro atoms. The molecule has 8 heteroatoms. The Kier molecular flexibility index (Phi) is 5.85. The Hall–Kier alpha value is -2.74. The summed E-state index contributed by atoms with van der Waals surface area (Å²) in [5.74, 6) is 0. The first kappa shape index (κ1) is 19.0. The van der Waals surface area contributed by atoms with Gasteiger partial charge in [-0.3, -0.25) is 13.8 Å². The van der Waals surface area contributed by atoms with Crippen molar-refractivity contribution < 1.29 is 13.8 Å². The average molecular weight is 387 g/mol. The van der Waals surface area contributed by atoms with E-state index in [4.69, 9.17) is 4.84 Å². The molecule has 2 aromatic rings. The van der Waals surface area contributed by atoms with Crippen LogP contribution < -0.4 is 10.9 Å². The van der Waals surface area contributed by atoms with Crippen LogP contribution in [0.3, 0.4) is 0 Å². The molecule has 1 N–H and O–H groups in total. The molecule has 1 amide bonds. The number of hydrogen-bond donors (Lipinski definition) is 1. The van der Waals surface area contributed by atoms with Crippen LogP contribution in [0.2, 0.25) is 0 Å². The van der Waals surface area contributed by atoms with Crippen molar-refractivity contribution in [2.24, 2.45) is 12.2 Å². The Morgan fingerprint density at radius 2 is 1.93 bits per heavy atom. The molecule has 0 radical (unpaired) electrons. The number of nitrogens with zero attached hydrogens (tertiary/aromatic N) is 2. The van der Waals surface area contributed by atoms with Crippen LogP contribution >= 0.6 is 0 Å². The fourth-order valence-corrected chi connectivity index (χ4v) is 3.69. The van der Waals surface area contributed by atoms with Gasteiger partial charge >= 0.3 is 0 Å². The van der Waals surface area contributed by atoms with E-state index in [1.807, 2.05) is 24.3 Å². The van der Waals surface area contributed by atoms with Crippen molar-refractivity contribution in [1.82, 2.24) is 9.88 Å². The van der Waals surface area contributed by atoms with Crippen LogP contribution in [0.25, 0.3) is 11.1 Å². The third-order valence-electron chi connectivity index (χ3n) is 4.50. The van der Waals surface area contributed by atoms with E-state index in [-0.39, 0.29) is 11.7 Å². The number of amides is 1. The maximum atomic E-state index is 11.7. The monoisotopic (exact) mass is 387 g/mol. The lowest BCUT2D eigenvalue weighted by molar-refractivity contribution is -0.109. The highest BCUT2D eigenvalue weighted by Gasteiger charge is 2.27. The normalized spacial score (nSPS) is 18.3. The van der Waals surface area contributed by atoms with Gasteiger partial charge in [0.05, 0.1) is 5.71 Å². The number of benzene rings is 1. The van der Waals surface area contributed by atoms with E-state index >= 15 is 0 Å². The number of aryl methyl sites for hydroxylation is 1. The molecule has 7 nitrogen and oxygen atoms in total. The van der Waals surface area contributed by atoms with Crippen LogP contribution in [-0.4, -0.2) is 38.6 Å². The van der Waals surface area contributed by atoms with E-state index in [1.54, 1.807) is 36.2 Å². The predicted octanol–water partition coefficient (Wildman–Crippen LogP) is 1.39. The molecule has 0 saturated heterocycles. The molecule has 1 aromatic heterocycles. The van der Waals surface area contributed by atoms with E-state index in [1.165, 1.54) is 0 Å². The summed E-state index contributed by atoms with van der Waals surface area (Å²) < 4.78 is 13.2. The Balaban J connectivity index is 1.67. The standard InChI is InChI=1S/C19H21N3O4S/c1-22-11-15(7-8-19(22)24)13-3-5-14(6-4-13)17-9-16(26-21-17)10-18(20-12-23)27(2)25/h3-8,11-12,16,18H,9-10H2,1-2H3,(H,20,23). The second kappa shape index (κ2) is 8.30. The number of carbonyl (C=O) groups is 1. The van der Waals surface area contributed by atoms with Crippen LogP contribution in [0.5, 0.6) is 0 Å². The zero-order chi connectivity index (χ0) is 19.4. The highest BCUT2D eigenvalue weighted by atomic mass is 32.2. The number of rotatable bonds is 7. The fourth-order valence-electron chi connectivity index (χ4n) is 2.96. The maximum absolute atomic E-state index is 11.7. The first-order valence-corrected chi connectivity index (χ1v) is 10.1. The minimum Gasteiger partial charge on any atom is -0.392 e. The van der Waals surface area contributed by atoms with Crippen molar-refractivity contribution in [3.63, 3.8) is 0 Å². The molecular formula is C19H21N3O4S. The molecule has 142 valence electrons. The summed E-state index contributed by atoms with van der Waals surface area (Å²) in [4.78, 5) is 27.6. The van der Waals surface area contributed by atoms with Crippen LogP contribution in [0.15, 0.2) is 52.5 Å². The van der Waals surface area contributed by atoms with Gasteiger partial charge in [-0.15, -0.1) is 0 Å². The van der Waals surface area contributed by atoms with Crippen molar-refractivity contribution in [2.75, 3.05) is 6.26 Å². The smallest absolute Gasteiger partial charge is 0.250 e. The summed E-state index contributed by atoms with van der Waals surface area (Å²) in [6.07, 6.45) is 4.72. The fraction of sp³-hybridized carbons (Fsp3) is 0.316. The number of nitrogens with one attached hydrogen (secondary N) is 1. The van der Waals surface area contributed by atoms with E-state index in [0.717, 1.165) is 22.4 Å². The molecule has 1 aliphatic heterocycles. The summed E-state index contributed by atoms with van der Waals surface area (Å²) in [6, 6.07) is 11.2. The van der Waals surface area contributed by atoms with Gasteiger partial charge in [-0.1, -0.05) is 29.4 Å². The number of oxime groups is 1. The number of pyridine rings is 1. The third kappa shape index (κ3) is 4.51. The summed E-state index contributed by atoms with van der Waals surface area (Å²) >= 11 is 0. The van der Waals surface area contributed by atoms with Crippen LogP contribution in [0.4, 0.5) is 0 Å². The lowest BCUT2D eigenvalue weighted by Gasteiger charge is -2.16. The summed E-state index contributed by atoms with van der Waals surface area (Å²) in [6.45, 7) is 0. The van der Waals surface area contributed by atoms with E-state index in [9.17, 15) is 13.8 Å². The van der Waals surface area contributed by atoms with Gasteiger partial charge in [0.2, 0.25) is 12.0 Å². The molecule has 0 fully saturated rings. The predicted molar refractivity (Wildman–Crippen MR) is 105 cm³/mol. The van der Waals surface area contributed by atoms with Crippen LogP contribution in [-0.2, 0) is 27.5 Å². The third-order valence-corrected chi connectivity index (χ3v) is 5.63.